The first kappa shape index (κ1) is 17.1. The summed E-state index contributed by atoms with van der Waals surface area (Å²) in [5.41, 5.74) is 9.49. The van der Waals surface area contributed by atoms with Gasteiger partial charge in [-0.2, -0.15) is 0 Å². The molecular weight excluding hydrogens is 420 g/mol. The van der Waals surface area contributed by atoms with Crippen molar-refractivity contribution in [3.63, 3.8) is 0 Å². The van der Waals surface area contributed by atoms with Crippen LogP contribution in [0.4, 0.5) is 0 Å². The molecule has 0 unspecified atom stereocenters. The summed E-state index contributed by atoms with van der Waals surface area (Å²) in [5, 5.41) is 2.36. The molecule has 5 aromatic rings. The van der Waals surface area contributed by atoms with Crippen LogP contribution in [0.25, 0.3) is 44.2 Å². The van der Waals surface area contributed by atoms with Gasteiger partial charge in [0, 0.05) is 31.8 Å². The van der Waals surface area contributed by atoms with Crippen LogP contribution in [0.2, 0.25) is 0 Å². The number of furan rings is 1. The minimum absolute atomic E-state index is 0.0202. The highest BCUT2D eigenvalue weighted by Crippen LogP contribution is 2.52. The molecule has 6 rings (SSSR count). The Bertz CT molecular complexity index is 1420. The van der Waals surface area contributed by atoms with Crippen molar-refractivity contribution in [1.29, 1.82) is 0 Å². The monoisotopic (exact) mass is 438 g/mol. The van der Waals surface area contributed by atoms with E-state index in [0.717, 1.165) is 26.8 Å². The Balaban J connectivity index is 1.72. The minimum atomic E-state index is -0.0202. The van der Waals surface area contributed by atoms with E-state index in [4.69, 9.17) is 4.42 Å². The maximum atomic E-state index is 6.65. The number of benzene rings is 4. The summed E-state index contributed by atoms with van der Waals surface area (Å²) in [4.78, 5) is 0. The van der Waals surface area contributed by atoms with E-state index in [2.05, 4.69) is 109 Å². The molecule has 0 fully saturated rings. The molecule has 0 saturated carbocycles. The van der Waals surface area contributed by atoms with E-state index in [9.17, 15) is 0 Å². The van der Waals surface area contributed by atoms with Gasteiger partial charge in [-0.3, -0.25) is 0 Å². The molecule has 140 valence electrons. The fraction of sp³-hybridized carbons (Fsp3) is 0.111. The fourth-order valence-electron chi connectivity index (χ4n) is 4.90. The van der Waals surface area contributed by atoms with E-state index >= 15 is 0 Å². The largest absolute Gasteiger partial charge is 0.455 e. The summed E-state index contributed by atoms with van der Waals surface area (Å²) in [6.07, 6.45) is 0. The first-order valence-electron chi connectivity index (χ1n) is 9.90. The van der Waals surface area contributed by atoms with Crippen molar-refractivity contribution in [2.24, 2.45) is 0 Å². The standard InChI is InChI=1S/C27H19BrO/c1-27(2)22-9-4-3-6-21(22)24-23(27)15-14-20-19-8-5-7-18(25(19)29-26(20)24)16-10-12-17(28)13-11-16/h3-15H,1-2H3. The lowest BCUT2D eigenvalue weighted by molar-refractivity contribution is 0.653. The van der Waals surface area contributed by atoms with Gasteiger partial charge in [0.25, 0.3) is 0 Å². The lowest BCUT2D eigenvalue weighted by Crippen LogP contribution is -2.14. The summed E-state index contributed by atoms with van der Waals surface area (Å²) in [6.45, 7) is 4.61. The molecule has 4 aromatic carbocycles. The third kappa shape index (κ3) is 2.27. The average molecular weight is 439 g/mol. The SMILES string of the molecule is CC1(C)c2ccccc2-c2c1ccc1c2oc2c(-c3ccc(Br)cc3)cccc21. The fourth-order valence-corrected chi connectivity index (χ4v) is 5.16. The molecule has 0 aliphatic heterocycles. The van der Waals surface area contributed by atoms with Gasteiger partial charge < -0.3 is 4.42 Å². The van der Waals surface area contributed by atoms with Gasteiger partial charge in [-0.25, -0.2) is 0 Å². The Hall–Kier alpha value is -2.84. The molecule has 0 saturated heterocycles. The first-order chi connectivity index (χ1) is 14.1. The van der Waals surface area contributed by atoms with Crippen LogP contribution in [0, 0.1) is 0 Å². The Kier molecular flexibility index (Phi) is 3.43. The lowest BCUT2D eigenvalue weighted by atomic mass is 9.82. The summed E-state index contributed by atoms with van der Waals surface area (Å²) in [7, 11) is 0. The molecule has 2 heteroatoms. The minimum Gasteiger partial charge on any atom is -0.455 e. The van der Waals surface area contributed by atoms with Crippen molar-refractivity contribution >= 4 is 37.9 Å². The Morgan fingerprint density at radius 2 is 1.38 bits per heavy atom. The lowest BCUT2D eigenvalue weighted by Gasteiger charge is -2.21. The molecule has 0 bridgehead atoms. The number of hydrogen-bond donors (Lipinski definition) is 0. The number of rotatable bonds is 1. The van der Waals surface area contributed by atoms with Crippen molar-refractivity contribution < 1.29 is 4.42 Å². The molecule has 29 heavy (non-hydrogen) atoms. The molecule has 1 nitrogen and oxygen atoms in total. The normalized spacial score (nSPS) is 14.3. The zero-order valence-corrected chi connectivity index (χ0v) is 17.9. The van der Waals surface area contributed by atoms with Crippen molar-refractivity contribution in [3.8, 4) is 22.3 Å². The van der Waals surface area contributed by atoms with Crippen LogP contribution in [0.5, 0.6) is 0 Å². The molecule has 0 N–H and O–H groups in total. The number of para-hydroxylation sites is 1. The molecule has 0 radical (unpaired) electrons. The van der Waals surface area contributed by atoms with Gasteiger partial charge in [-0.15, -0.1) is 0 Å². The third-order valence-electron chi connectivity index (χ3n) is 6.37. The van der Waals surface area contributed by atoms with Crippen molar-refractivity contribution in [1.82, 2.24) is 0 Å². The maximum Gasteiger partial charge on any atom is 0.143 e. The van der Waals surface area contributed by atoms with Crippen molar-refractivity contribution in [3.05, 3.63) is 94.5 Å². The summed E-state index contributed by atoms with van der Waals surface area (Å²) >= 11 is 3.53. The molecule has 1 aromatic heterocycles. The summed E-state index contributed by atoms with van der Waals surface area (Å²) in [5.74, 6) is 0. The zero-order valence-electron chi connectivity index (χ0n) is 16.3. The molecular formula is C27H19BrO. The topological polar surface area (TPSA) is 13.1 Å². The molecule has 0 spiro atoms. The Labute approximate surface area is 178 Å². The molecule has 0 atom stereocenters. The highest BCUT2D eigenvalue weighted by Gasteiger charge is 2.37. The zero-order chi connectivity index (χ0) is 19.8. The summed E-state index contributed by atoms with van der Waals surface area (Å²) < 4.78 is 7.73. The smallest absolute Gasteiger partial charge is 0.143 e. The van der Waals surface area contributed by atoms with Gasteiger partial charge in [0.15, 0.2) is 0 Å². The van der Waals surface area contributed by atoms with Gasteiger partial charge >= 0.3 is 0 Å². The van der Waals surface area contributed by atoms with Crippen LogP contribution in [-0.4, -0.2) is 0 Å². The van der Waals surface area contributed by atoms with Crippen LogP contribution >= 0.6 is 15.9 Å². The van der Waals surface area contributed by atoms with Crippen LogP contribution < -0.4 is 0 Å². The van der Waals surface area contributed by atoms with Gasteiger partial charge in [-0.1, -0.05) is 96.5 Å². The van der Waals surface area contributed by atoms with Gasteiger partial charge in [0.2, 0.25) is 0 Å². The third-order valence-corrected chi connectivity index (χ3v) is 6.89. The molecule has 1 aliphatic rings. The second-order valence-corrected chi connectivity index (χ2v) is 9.24. The van der Waals surface area contributed by atoms with E-state index in [1.807, 2.05) is 0 Å². The highest BCUT2D eigenvalue weighted by molar-refractivity contribution is 9.10. The average Bonchev–Trinajstić information content (AvgIpc) is 3.22. The van der Waals surface area contributed by atoms with Crippen LogP contribution in [0.15, 0.2) is 87.8 Å². The van der Waals surface area contributed by atoms with Crippen molar-refractivity contribution in [2.45, 2.75) is 19.3 Å². The van der Waals surface area contributed by atoms with E-state index in [-0.39, 0.29) is 5.41 Å². The number of hydrogen-bond acceptors (Lipinski definition) is 1. The predicted molar refractivity (Wildman–Crippen MR) is 124 cm³/mol. The second kappa shape index (κ2) is 5.84. The summed E-state index contributed by atoms with van der Waals surface area (Å²) in [6, 6.07) is 28.1. The van der Waals surface area contributed by atoms with Crippen LogP contribution in [0.3, 0.4) is 0 Å². The van der Waals surface area contributed by atoms with E-state index in [1.54, 1.807) is 0 Å². The maximum absolute atomic E-state index is 6.65. The Morgan fingerprint density at radius 1 is 0.655 bits per heavy atom. The Morgan fingerprint density at radius 3 is 2.21 bits per heavy atom. The molecule has 1 aliphatic carbocycles. The van der Waals surface area contributed by atoms with E-state index in [0.29, 0.717) is 0 Å². The second-order valence-electron chi connectivity index (χ2n) is 8.33. The van der Waals surface area contributed by atoms with Gasteiger partial charge in [0.1, 0.15) is 11.2 Å². The molecule has 1 heterocycles. The number of halogens is 1. The highest BCUT2D eigenvalue weighted by atomic mass is 79.9. The first-order valence-corrected chi connectivity index (χ1v) is 10.7. The quantitative estimate of drug-likeness (QED) is 0.256. The van der Waals surface area contributed by atoms with Gasteiger partial charge in [-0.05, 0) is 34.4 Å². The predicted octanol–water partition coefficient (Wildman–Crippen LogP) is 8.32. The van der Waals surface area contributed by atoms with Crippen LogP contribution in [-0.2, 0) is 5.41 Å². The molecule has 0 amide bonds. The van der Waals surface area contributed by atoms with E-state index < -0.39 is 0 Å². The number of fused-ring (bicyclic) bond motifs is 7. The van der Waals surface area contributed by atoms with E-state index in [1.165, 1.54) is 33.0 Å². The van der Waals surface area contributed by atoms with Crippen LogP contribution in [0.1, 0.15) is 25.0 Å². The van der Waals surface area contributed by atoms with Gasteiger partial charge in [0.05, 0.1) is 0 Å². The van der Waals surface area contributed by atoms with Crippen molar-refractivity contribution in [2.75, 3.05) is 0 Å².